The van der Waals surface area contributed by atoms with E-state index in [0.29, 0.717) is 0 Å². The van der Waals surface area contributed by atoms with E-state index in [2.05, 4.69) is 12.6 Å². The van der Waals surface area contributed by atoms with E-state index in [4.69, 9.17) is 0 Å². The summed E-state index contributed by atoms with van der Waals surface area (Å²) in [5.41, 5.74) is 0. The van der Waals surface area contributed by atoms with E-state index in [1.165, 1.54) is 39.8 Å². The molecule has 0 aromatic rings. The second kappa shape index (κ2) is 6.15. The fourth-order valence-electron chi connectivity index (χ4n) is 0.256. The topological polar surface area (TPSA) is 0 Å². The van der Waals surface area contributed by atoms with Crippen molar-refractivity contribution >= 4 is 35.2 Å². The Morgan fingerprint density at radius 2 is 2.00 bits per heavy atom. The average Bonchev–Trinajstić information content (AvgIpc) is 1.61. The summed E-state index contributed by atoms with van der Waals surface area (Å²) in [5.74, 6) is 1.07. The van der Waals surface area contributed by atoms with Gasteiger partial charge in [-0.05, 0) is 0 Å². The Kier molecular flexibility index (Phi) is 7.33. The van der Waals surface area contributed by atoms with Crippen LogP contribution in [0.1, 0.15) is 12.8 Å². The molecule has 0 atom stereocenters. The molecule has 0 amide bonds. The van der Waals surface area contributed by atoms with Crippen LogP contribution in [-0.4, -0.2) is 28.3 Å². The van der Waals surface area contributed by atoms with Crippen molar-refractivity contribution in [2.24, 2.45) is 0 Å². The van der Waals surface area contributed by atoms with E-state index < -0.39 is 0 Å². The summed E-state index contributed by atoms with van der Waals surface area (Å²) in [6.07, 6.45) is 2.70. The number of hydrogen-bond acceptors (Lipinski definition) is 1. The minimum atomic E-state index is 1.07. The van der Waals surface area contributed by atoms with Gasteiger partial charge in [-0.2, -0.15) is 0 Å². The number of hydrogen-bond donors (Lipinski definition) is 1. The summed E-state index contributed by atoms with van der Waals surface area (Å²) in [6.45, 7) is 0. The third kappa shape index (κ3) is 5.15. The molecule has 0 nitrogen and oxygen atoms in total. The van der Waals surface area contributed by atoms with Crippen LogP contribution in [0, 0.1) is 0 Å². The minimum absolute atomic E-state index is 1.07. The normalized spacial score (nSPS) is 9.00. The zero-order valence-electron chi connectivity index (χ0n) is 3.85. The molecule has 2 radical (unpaired) electrons. The molecule has 0 heterocycles. The van der Waals surface area contributed by atoms with Crippen LogP contribution in [0.25, 0.3) is 0 Å². The van der Waals surface area contributed by atoms with Crippen LogP contribution in [0.4, 0.5) is 0 Å². The maximum absolute atomic E-state index is 4.07. The molecule has 0 aromatic carbocycles. The van der Waals surface area contributed by atoms with Crippen LogP contribution in [-0.2, 0) is 0 Å². The molecular weight excluding hydrogens is 199 g/mol. The van der Waals surface area contributed by atoms with Crippen LogP contribution in [0.15, 0.2) is 0 Å². The molecule has 0 N–H and O–H groups in total. The van der Waals surface area contributed by atoms with Crippen LogP contribution >= 0.6 is 12.6 Å². The third-order valence-electron chi connectivity index (χ3n) is 0.612. The van der Waals surface area contributed by atoms with Gasteiger partial charge in [-0.3, -0.25) is 0 Å². The first-order valence-electron chi connectivity index (χ1n) is 2.22. The van der Waals surface area contributed by atoms with Crippen molar-refractivity contribution in [2.45, 2.75) is 17.3 Å². The predicted molar refractivity (Wildman–Crippen MR) is 35.0 cm³/mol. The van der Waals surface area contributed by atoms with Crippen molar-refractivity contribution in [3.63, 3.8) is 0 Å². The summed E-state index contributed by atoms with van der Waals surface area (Å²) < 4.78 is 1.44. The van der Waals surface area contributed by atoms with Gasteiger partial charge in [-0.25, -0.2) is 0 Å². The quantitative estimate of drug-likeness (QED) is 0.400. The monoisotopic (exact) mass is 210 g/mol. The van der Waals surface area contributed by atoms with E-state index in [0.717, 1.165) is 5.75 Å². The summed E-state index contributed by atoms with van der Waals surface area (Å²) in [7, 11) is 0. The Hall–Kier alpha value is 1.15. The van der Waals surface area contributed by atoms with Crippen LogP contribution in [0.3, 0.4) is 0 Å². The molecule has 6 heavy (non-hydrogen) atoms. The fraction of sp³-hybridized carbons (Fsp3) is 1.00. The SMILES string of the molecule is SCCC[CH2][SnH]. The molecular formula is C4H10SSn. The first kappa shape index (κ1) is 7.15. The Morgan fingerprint density at radius 1 is 1.33 bits per heavy atom. The van der Waals surface area contributed by atoms with Gasteiger partial charge in [0, 0.05) is 0 Å². The van der Waals surface area contributed by atoms with Gasteiger partial charge in [0.05, 0.1) is 0 Å². The van der Waals surface area contributed by atoms with Crippen molar-refractivity contribution in [1.29, 1.82) is 0 Å². The zero-order valence-corrected chi connectivity index (χ0v) is 8.04. The molecule has 0 fully saturated rings. The van der Waals surface area contributed by atoms with Gasteiger partial charge in [-0.15, -0.1) is 0 Å². The molecule has 0 bridgehead atoms. The molecule has 0 aliphatic heterocycles. The first-order chi connectivity index (χ1) is 2.91. The van der Waals surface area contributed by atoms with Crippen molar-refractivity contribution in [3.8, 4) is 0 Å². The molecule has 0 rings (SSSR count). The van der Waals surface area contributed by atoms with E-state index in [1.54, 1.807) is 0 Å². The van der Waals surface area contributed by atoms with Crippen LogP contribution in [0.5, 0.6) is 0 Å². The van der Waals surface area contributed by atoms with E-state index in [1.807, 2.05) is 0 Å². The molecule has 0 saturated carbocycles. The molecule has 0 saturated heterocycles. The van der Waals surface area contributed by atoms with Crippen molar-refractivity contribution < 1.29 is 0 Å². The Labute approximate surface area is 58.2 Å². The van der Waals surface area contributed by atoms with Gasteiger partial charge in [-0.1, -0.05) is 0 Å². The third-order valence-corrected chi connectivity index (χ3v) is 2.09. The van der Waals surface area contributed by atoms with Gasteiger partial charge in [0.1, 0.15) is 0 Å². The maximum atomic E-state index is 4.07. The second-order valence-corrected chi connectivity index (χ2v) is 3.31. The van der Waals surface area contributed by atoms with E-state index >= 15 is 0 Å². The zero-order chi connectivity index (χ0) is 4.83. The van der Waals surface area contributed by atoms with E-state index in [9.17, 15) is 0 Å². The molecule has 36 valence electrons. The average molecular weight is 209 g/mol. The fourth-order valence-corrected chi connectivity index (χ4v) is 1.30. The molecule has 0 aromatic heterocycles. The summed E-state index contributed by atoms with van der Waals surface area (Å²) >= 11 is 5.49. The molecule has 2 heteroatoms. The number of thiol groups is 1. The Bertz CT molecular complexity index is 19.5. The van der Waals surface area contributed by atoms with Gasteiger partial charge in [0.25, 0.3) is 0 Å². The van der Waals surface area contributed by atoms with E-state index in [-0.39, 0.29) is 0 Å². The summed E-state index contributed by atoms with van der Waals surface area (Å²) in [6, 6.07) is 0. The Balaban J connectivity index is 2.34. The van der Waals surface area contributed by atoms with Gasteiger partial charge >= 0.3 is 58.2 Å². The first-order valence-corrected chi connectivity index (χ1v) is 5.19. The molecule has 0 unspecified atom stereocenters. The van der Waals surface area contributed by atoms with Gasteiger partial charge in [0.2, 0.25) is 0 Å². The summed E-state index contributed by atoms with van der Waals surface area (Å²) in [4.78, 5) is 0. The van der Waals surface area contributed by atoms with Crippen LogP contribution in [0.2, 0.25) is 4.44 Å². The van der Waals surface area contributed by atoms with Crippen molar-refractivity contribution in [2.75, 3.05) is 5.75 Å². The van der Waals surface area contributed by atoms with Gasteiger partial charge < -0.3 is 0 Å². The van der Waals surface area contributed by atoms with Crippen molar-refractivity contribution in [3.05, 3.63) is 0 Å². The standard InChI is InChI=1S/C4H9S.Sn.H/c1-2-3-4-5;;/h5H,1-4H2;;. The van der Waals surface area contributed by atoms with Gasteiger partial charge in [0.15, 0.2) is 0 Å². The van der Waals surface area contributed by atoms with Crippen LogP contribution < -0.4 is 0 Å². The predicted octanol–water partition coefficient (Wildman–Crippen LogP) is 1.02. The second-order valence-electron chi connectivity index (χ2n) is 1.22. The molecule has 0 aliphatic carbocycles. The molecule has 0 aliphatic rings. The summed E-state index contributed by atoms with van der Waals surface area (Å²) in [5, 5.41) is 0. The number of unbranched alkanes of at least 4 members (excludes halogenated alkanes) is 1. The van der Waals surface area contributed by atoms with Crippen molar-refractivity contribution in [1.82, 2.24) is 0 Å². The Morgan fingerprint density at radius 3 is 2.17 bits per heavy atom. The number of rotatable bonds is 3. The molecule has 0 spiro atoms.